The van der Waals surface area contributed by atoms with Crippen LogP contribution in [0.1, 0.15) is 20.3 Å². The van der Waals surface area contributed by atoms with Gasteiger partial charge in [-0.2, -0.15) is 0 Å². The highest BCUT2D eigenvalue weighted by Gasteiger charge is 2.35. The molecule has 0 aromatic rings. The SMILES string of the molecule is CCO[Si](C)(OCC)C1=CC=CC1. The predicted octanol–water partition coefficient (Wildman–Crippen LogP) is 2.56. The van der Waals surface area contributed by atoms with E-state index in [9.17, 15) is 0 Å². The Labute approximate surface area is 81.5 Å². The molecule has 0 saturated heterocycles. The van der Waals surface area contributed by atoms with Crippen molar-refractivity contribution in [2.24, 2.45) is 0 Å². The van der Waals surface area contributed by atoms with Crippen molar-refractivity contribution in [1.29, 1.82) is 0 Å². The maximum atomic E-state index is 5.76. The highest BCUT2D eigenvalue weighted by atomic mass is 28.4. The largest absolute Gasteiger partial charge is 0.392 e. The second-order valence-corrected chi connectivity index (χ2v) is 6.25. The van der Waals surface area contributed by atoms with Crippen molar-refractivity contribution in [3.8, 4) is 0 Å². The highest BCUT2D eigenvalue weighted by molar-refractivity contribution is 6.73. The van der Waals surface area contributed by atoms with Gasteiger partial charge in [-0.1, -0.05) is 18.2 Å². The number of rotatable bonds is 5. The molecule has 1 aliphatic rings. The van der Waals surface area contributed by atoms with Gasteiger partial charge in [0.15, 0.2) is 0 Å². The van der Waals surface area contributed by atoms with Crippen molar-refractivity contribution in [2.75, 3.05) is 13.2 Å². The van der Waals surface area contributed by atoms with Gasteiger partial charge in [-0.3, -0.25) is 0 Å². The molecule has 0 bridgehead atoms. The third kappa shape index (κ3) is 2.53. The average molecular weight is 198 g/mol. The number of allylic oxidation sites excluding steroid dienone is 4. The summed E-state index contributed by atoms with van der Waals surface area (Å²) < 4.78 is 11.5. The van der Waals surface area contributed by atoms with Crippen molar-refractivity contribution >= 4 is 8.56 Å². The minimum Gasteiger partial charge on any atom is -0.392 e. The van der Waals surface area contributed by atoms with Crippen molar-refractivity contribution < 1.29 is 8.85 Å². The van der Waals surface area contributed by atoms with Crippen LogP contribution in [0, 0.1) is 0 Å². The minimum atomic E-state index is -2.02. The summed E-state index contributed by atoms with van der Waals surface area (Å²) in [6, 6.07) is 0. The molecular weight excluding hydrogens is 180 g/mol. The van der Waals surface area contributed by atoms with Gasteiger partial charge in [0, 0.05) is 13.2 Å². The molecule has 13 heavy (non-hydrogen) atoms. The van der Waals surface area contributed by atoms with Crippen LogP contribution in [0.5, 0.6) is 0 Å². The lowest BCUT2D eigenvalue weighted by molar-refractivity contribution is 0.197. The molecule has 0 atom stereocenters. The fourth-order valence-electron chi connectivity index (χ4n) is 1.56. The van der Waals surface area contributed by atoms with E-state index in [1.165, 1.54) is 5.20 Å². The predicted molar refractivity (Wildman–Crippen MR) is 56.7 cm³/mol. The van der Waals surface area contributed by atoms with Gasteiger partial charge >= 0.3 is 8.56 Å². The number of hydrogen-bond acceptors (Lipinski definition) is 2. The molecule has 0 amide bonds. The lowest BCUT2D eigenvalue weighted by atomic mass is 10.5. The van der Waals surface area contributed by atoms with Crippen molar-refractivity contribution in [3.05, 3.63) is 23.4 Å². The molecule has 0 spiro atoms. The normalized spacial score (nSPS) is 16.4. The van der Waals surface area contributed by atoms with Gasteiger partial charge in [-0.15, -0.1) is 0 Å². The first kappa shape index (κ1) is 10.7. The Morgan fingerprint density at radius 2 is 1.92 bits per heavy atom. The average Bonchev–Trinajstić information content (AvgIpc) is 2.57. The molecule has 0 N–H and O–H groups in total. The number of hydrogen-bond donors (Lipinski definition) is 0. The molecule has 74 valence electrons. The second-order valence-electron chi connectivity index (χ2n) is 3.14. The van der Waals surface area contributed by atoms with E-state index in [4.69, 9.17) is 8.85 Å². The standard InChI is InChI=1S/C10H18O2Si/c1-4-11-13(3,12-5-2)10-8-6-7-9-10/h6-8H,4-5,9H2,1-3H3. The Bertz CT molecular complexity index is 215. The first-order chi connectivity index (χ1) is 6.23. The van der Waals surface area contributed by atoms with Gasteiger partial charge in [0.05, 0.1) is 0 Å². The second kappa shape index (κ2) is 4.74. The van der Waals surface area contributed by atoms with Gasteiger partial charge in [0.1, 0.15) is 0 Å². The molecule has 0 aliphatic heterocycles. The first-order valence-corrected chi connectivity index (χ1v) is 7.18. The Balaban J connectivity index is 2.65. The lowest BCUT2D eigenvalue weighted by Gasteiger charge is -2.27. The summed E-state index contributed by atoms with van der Waals surface area (Å²) in [7, 11) is -2.02. The quantitative estimate of drug-likeness (QED) is 0.632. The van der Waals surface area contributed by atoms with Crippen LogP contribution < -0.4 is 0 Å². The summed E-state index contributed by atoms with van der Waals surface area (Å²) >= 11 is 0. The van der Waals surface area contributed by atoms with Crippen molar-refractivity contribution in [1.82, 2.24) is 0 Å². The Hall–Kier alpha value is -0.383. The van der Waals surface area contributed by atoms with E-state index in [1.807, 2.05) is 13.8 Å². The van der Waals surface area contributed by atoms with E-state index in [0.717, 1.165) is 19.6 Å². The fraction of sp³-hybridized carbons (Fsp3) is 0.600. The molecule has 0 fully saturated rings. The van der Waals surface area contributed by atoms with Gasteiger partial charge in [-0.25, -0.2) is 0 Å². The summed E-state index contributed by atoms with van der Waals surface area (Å²) in [6.45, 7) is 7.64. The van der Waals surface area contributed by atoms with Crippen LogP contribution in [0.15, 0.2) is 23.4 Å². The minimum absolute atomic E-state index is 0.736. The van der Waals surface area contributed by atoms with E-state index in [1.54, 1.807) is 0 Å². The third-order valence-electron chi connectivity index (χ3n) is 2.19. The summed E-state index contributed by atoms with van der Waals surface area (Å²) in [4.78, 5) is 0. The zero-order valence-corrected chi connectivity index (χ0v) is 9.67. The molecule has 1 rings (SSSR count). The van der Waals surface area contributed by atoms with E-state index in [0.29, 0.717) is 0 Å². The van der Waals surface area contributed by atoms with Crippen LogP contribution in [0.4, 0.5) is 0 Å². The maximum Gasteiger partial charge on any atom is 0.365 e. The molecule has 0 aromatic heterocycles. The first-order valence-electron chi connectivity index (χ1n) is 4.87. The molecule has 3 heteroatoms. The maximum absolute atomic E-state index is 5.76. The summed E-state index contributed by atoms with van der Waals surface area (Å²) in [6.07, 6.45) is 7.37. The Morgan fingerprint density at radius 3 is 2.31 bits per heavy atom. The van der Waals surface area contributed by atoms with Crippen LogP contribution in [-0.2, 0) is 8.85 Å². The highest BCUT2D eigenvalue weighted by Crippen LogP contribution is 2.24. The van der Waals surface area contributed by atoms with E-state index in [2.05, 4.69) is 24.8 Å². The van der Waals surface area contributed by atoms with Gasteiger partial charge in [-0.05, 0) is 32.0 Å². The lowest BCUT2D eigenvalue weighted by Crippen LogP contribution is -2.41. The van der Waals surface area contributed by atoms with Crippen LogP contribution in [-0.4, -0.2) is 21.8 Å². The topological polar surface area (TPSA) is 18.5 Å². The molecule has 0 heterocycles. The molecular formula is C10H18O2Si. The van der Waals surface area contributed by atoms with Gasteiger partial charge in [0.2, 0.25) is 0 Å². The smallest absolute Gasteiger partial charge is 0.365 e. The fourth-order valence-corrected chi connectivity index (χ4v) is 4.01. The summed E-state index contributed by atoms with van der Waals surface area (Å²) in [5.41, 5.74) is 0. The Kier molecular flexibility index (Phi) is 3.90. The molecule has 2 nitrogen and oxygen atoms in total. The van der Waals surface area contributed by atoms with E-state index >= 15 is 0 Å². The molecule has 0 saturated carbocycles. The van der Waals surface area contributed by atoms with Gasteiger partial charge in [0.25, 0.3) is 0 Å². The van der Waals surface area contributed by atoms with Gasteiger partial charge < -0.3 is 8.85 Å². The van der Waals surface area contributed by atoms with Crippen molar-refractivity contribution in [2.45, 2.75) is 26.8 Å². The van der Waals surface area contributed by atoms with Crippen LogP contribution >= 0.6 is 0 Å². The van der Waals surface area contributed by atoms with Crippen LogP contribution in [0.25, 0.3) is 0 Å². The molecule has 0 aromatic carbocycles. The molecule has 0 radical (unpaired) electrons. The van der Waals surface area contributed by atoms with Crippen molar-refractivity contribution in [3.63, 3.8) is 0 Å². The zero-order chi connectivity index (χ0) is 9.73. The molecule has 1 aliphatic carbocycles. The summed E-state index contributed by atoms with van der Waals surface area (Å²) in [5.74, 6) is 0. The van der Waals surface area contributed by atoms with E-state index < -0.39 is 8.56 Å². The monoisotopic (exact) mass is 198 g/mol. The molecule has 0 unspecified atom stereocenters. The zero-order valence-electron chi connectivity index (χ0n) is 8.67. The Morgan fingerprint density at radius 1 is 1.31 bits per heavy atom. The third-order valence-corrected chi connectivity index (χ3v) is 5.41. The van der Waals surface area contributed by atoms with Crippen LogP contribution in [0.2, 0.25) is 6.55 Å². The summed E-state index contributed by atoms with van der Waals surface area (Å²) in [5, 5.41) is 1.34. The van der Waals surface area contributed by atoms with Crippen LogP contribution in [0.3, 0.4) is 0 Å². The van der Waals surface area contributed by atoms with E-state index in [-0.39, 0.29) is 0 Å².